The number of hydrogen-bond donors (Lipinski definition) is 2. The number of nitrogens with zero attached hydrogens (tertiary/aromatic N) is 2. The van der Waals surface area contributed by atoms with Gasteiger partial charge in [0.05, 0.1) is 0 Å². The lowest BCUT2D eigenvalue weighted by atomic mass is 10.1. The minimum absolute atomic E-state index is 0.194. The molecule has 1 aliphatic heterocycles. The number of aromatic nitrogens is 1. The molecule has 0 bridgehead atoms. The summed E-state index contributed by atoms with van der Waals surface area (Å²) in [6.45, 7) is 3.79. The minimum atomic E-state index is -0.194. The van der Waals surface area contributed by atoms with Crippen molar-refractivity contribution in [1.82, 2.24) is 20.5 Å². The molecule has 1 saturated carbocycles. The van der Waals surface area contributed by atoms with Gasteiger partial charge in [-0.2, -0.15) is 0 Å². The van der Waals surface area contributed by atoms with Gasteiger partial charge in [0.2, 0.25) is 5.91 Å². The van der Waals surface area contributed by atoms with Crippen LogP contribution in [0.2, 0.25) is 0 Å². The van der Waals surface area contributed by atoms with Crippen LogP contribution in [0, 0.1) is 12.8 Å². The van der Waals surface area contributed by atoms with Gasteiger partial charge in [-0.05, 0) is 37.0 Å². The molecule has 1 aromatic rings. The lowest BCUT2D eigenvalue weighted by Gasteiger charge is -2.16. The van der Waals surface area contributed by atoms with E-state index >= 15 is 0 Å². The van der Waals surface area contributed by atoms with Crippen molar-refractivity contribution in [3.63, 3.8) is 0 Å². The normalized spacial score (nSPS) is 21.0. The molecule has 3 amide bonds. The first kappa shape index (κ1) is 14.8. The number of carbonyl (C=O) groups excluding carboxylic acids is 2. The zero-order chi connectivity index (χ0) is 15.5. The maximum Gasteiger partial charge on any atom is 0.315 e. The molecule has 2 fully saturated rings. The first-order valence-electron chi connectivity index (χ1n) is 7.84. The summed E-state index contributed by atoms with van der Waals surface area (Å²) in [5.41, 5.74) is 2.12. The average molecular weight is 302 g/mol. The Labute approximate surface area is 130 Å². The maximum absolute atomic E-state index is 11.9. The Hall–Kier alpha value is -2.11. The first-order chi connectivity index (χ1) is 10.6. The number of amides is 3. The summed E-state index contributed by atoms with van der Waals surface area (Å²) >= 11 is 0. The standard InChI is InChI=1S/C16H22N4O2/c1-11-4-5-17-8-13(11)9-19-16(22)18-7-12-6-15(21)20(10-12)14-2-3-14/h4-5,8,12,14H,2-3,6-7,9-10H2,1H3,(H2,18,19,22). The Kier molecular flexibility index (Phi) is 4.27. The molecule has 118 valence electrons. The smallest absolute Gasteiger partial charge is 0.315 e. The molecule has 2 N–H and O–H groups in total. The van der Waals surface area contributed by atoms with Crippen LogP contribution in [0.4, 0.5) is 4.79 Å². The molecule has 2 aliphatic rings. The fourth-order valence-electron chi connectivity index (χ4n) is 2.84. The van der Waals surface area contributed by atoms with Gasteiger partial charge in [-0.1, -0.05) is 0 Å². The zero-order valence-electron chi connectivity index (χ0n) is 12.8. The second kappa shape index (κ2) is 6.34. The zero-order valence-corrected chi connectivity index (χ0v) is 12.8. The Morgan fingerprint density at radius 1 is 1.41 bits per heavy atom. The highest BCUT2D eigenvalue weighted by molar-refractivity contribution is 5.79. The van der Waals surface area contributed by atoms with E-state index in [1.807, 2.05) is 17.9 Å². The largest absolute Gasteiger partial charge is 0.339 e. The van der Waals surface area contributed by atoms with E-state index in [1.54, 1.807) is 12.4 Å². The van der Waals surface area contributed by atoms with Gasteiger partial charge in [0, 0.05) is 50.4 Å². The Balaban J connectivity index is 1.39. The van der Waals surface area contributed by atoms with Crippen LogP contribution in [-0.4, -0.2) is 41.0 Å². The summed E-state index contributed by atoms with van der Waals surface area (Å²) in [4.78, 5) is 29.7. The van der Waals surface area contributed by atoms with E-state index in [0.717, 1.165) is 30.5 Å². The van der Waals surface area contributed by atoms with Crippen molar-refractivity contribution in [2.45, 2.75) is 38.8 Å². The molecule has 6 heteroatoms. The Morgan fingerprint density at radius 3 is 2.95 bits per heavy atom. The highest BCUT2D eigenvalue weighted by atomic mass is 16.2. The third-order valence-electron chi connectivity index (χ3n) is 4.36. The van der Waals surface area contributed by atoms with E-state index in [1.165, 1.54) is 0 Å². The Bertz CT molecular complexity index is 571. The minimum Gasteiger partial charge on any atom is -0.339 e. The average Bonchev–Trinajstić information content (AvgIpc) is 3.28. The van der Waals surface area contributed by atoms with Crippen molar-refractivity contribution in [3.8, 4) is 0 Å². The van der Waals surface area contributed by atoms with Gasteiger partial charge in [0.15, 0.2) is 0 Å². The quantitative estimate of drug-likeness (QED) is 0.858. The summed E-state index contributed by atoms with van der Waals surface area (Å²) in [7, 11) is 0. The number of likely N-dealkylation sites (tertiary alicyclic amines) is 1. The summed E-state index contributed by atoms with van der Waals surface area (Å²) in [6.07, 6.45) is 6.33. The monoisotopic (exact) mass is 302 g/mol. The van der Waals surface area contributed by atoms with E-state index in [4.69, 9.17) is 0 Å². The number of urea groups is 1. The lowest BCUT2D eigenvalue weighted by Crippen LogP contribution is -2.38. The van der Waals surface area contributed by atoms with Crippen LogP contribution >= 0.6 is 0 Å². The van der Waals surface area contributed by atoms with Gasteiger partial charge in [-0.25, -0.2) is 4.79 Å². The predicted octanol–water partition coefficient (Wildman–Crippen LogP) is 1.20. The molecule has 1 saturated heterocycles. The summed E-state index contributed by atoms with van der Waals surface area (Å²) < 4.78 is 0. The SMILES string of the molecule is Cc1ccncc1CNC(=O)NCC1CC(=O)N(C2CC2)C1. The molecule has 1 aromatic heterocycles. The molecule has 0 spiro atoms. The van der Waals surface area contributed by atoms with Crippen LogP contribution in [0.25, 0.3) is 0 Å². The summed E-state index contributed by atoms with van der Waals surface area (Å²) in [6, 6.07) is 2.20. The number of rotatable bonds is 5. The fourth-order valence-corrected chi connectivity index (χ4v) is 2.84. The molecular formula is C16H22N4O2. The van der Waals surface area contributed by atoms with Crippen molar-refractivity contribution in [1.29, 1.82) is 0 Å². The molecule has 6 nitrogen and oxygen atoms in total. The van der Waals surface area contributed by atoms with Crippen LogP contribution < -0.4 is 10.6 Å². The third kappa shape index (κ3) is 3.55. The van der Waals surface area contributed by atoms with Crippen molar-refractivity contribution in [2.24, 2.45) is 5.92 Å². The van der Waals surface area contributed by atoms with E-state index in [0.29, 0.717) is 25.6 Å². The third-order valence-corrected chi connectivity index (χ3v) is 4.36. The van der Waals surface area contributed by atoms with Crippen LogP contribution in [0.3, 0.4) is 0 Å². The molecule has 1 aliphatic carbocycles. The second-order valence-corrected chi connectivity index (χ2v) is 6.21. The van der Waals surface area contributed by atoms with Crippen LogP contribution in [0.15, 0.2) is 18.5 Å². The number of carbonyl (C=O) groups is 2. The van der Waals surface area contributed by atoms with Crippen LogP contribution in [0.5, 0.6) is 0 Å². The van der Waals surface area contributed by atoms with Crippen molar-refractivity contribution >= 4 is 11.9 Å². The molecule has 1 unspecified atom stereocenters. The number of pyridine rings is 1. The molecule has 0 aromatic carbocycles. The van der Waals surface area contributed by atoms with Crippen molar-refractivity contribution in [2.75, 3.05) is 13.1 Å². The number of aryl methyl sites for hydroxylation is 1. The maximum atomic E-state index is 11.9. The van der Waals surface area contributed by atoms with Gasteiger partial charge in [-0.3, -0.25) is 9.78 Å². The number of hydrogen-bond acceptors (Lipinski definition) is 3. The van der Waals surface area contributed by atoms with Crippen molar-refractivity contribution in [3.05, 3.63) is 29.6 Å². The van der Waals surface area contributed by atoms with Gasteiger partial charge in [0.1, 0.15) is 0 Å². The molecule has 0 radical (unpaired) electrons. The second-order valence-electron chi connectivity index (χ2n) is 6.21. The topological polar surface area (TPSA) is 74.3 Å². The van der Waals surface area contributed by atoms with Crippen molar-refractivity contribution < 1.29 is 9.59 Å². The molecule has 22 heavy (non-hydrogen) atoms. The molecule has 1 atom stereocenters. The first-order valence-corrected chi connectivity index (χ1v) is 7.84. The molecule has 3 rings (SSSR count). The van der Waals surface area contributed by atoms with Gasteiger partial charge in [0.25, 0.3) is 0 Å². The highest BCUT2D eigenvalue weighted by Gasteiger charge is 2.39. The van der Waals surface area contributed by atoms with Crippen LogP contribution in [0.1, 0.15) is 30.4 Å². The van der Waals surface area contributed by atoms with E-state index in [2.05, 4.69) is 15.6 Å². The fraction of sp³-hybridized carbons (Fsp3) is 0.562. The summed E-state index contributed by atoms with van der Waals surface area (Å²) in [5.74, 6) is 0.472. The molecular weight excluding hydrogens is 280 g/mol. The predicted molar refractivity (Wildman–Crippen MR) is 82.1 cm³/mol. The van der Waals surface area contributed by atoms with E-state index in [9.17, 15) is 9.59 Å². The van der Waals surface area contributed by atoms with E-state index in [-0.39, 0.29) is 17.9 Å². The van der Waals surface area contributed by atoms with E-state index < -0.39 is 0 Å². The van der Waals surface area contributed by atoms with Crippen LogP contribution in [-0.2, 0) is 11.3 Å². The lowest BCUT2D eigenvalue weighted by molar-refractivity contribution is -0.128. The van der Waals surface area contributed by atoms with Gasteiger partial charge >= 0.3 is 6.03 Å². The van der Waals surface area contributed by atoms with Gasteiger partial charge < -0.3 is 15.5 Å². The van der Waals surface area contributed by atoms with Gasteiger partial charge in [-0.15, -0.1) is 0 Å². The Morgan fingerprint density at radius 2 is 2.23 bits per heavy atom. The summed E-state index contributed by atoms with van der Waals surface area (Å²) in [5, 5.41) is 5.70. The molecule has 2 heterocycles. The highest BCUT2D eigenvalue weighted by Crippen LogP contribution is 2.32. The number of nitrogens with one attached hydrogen (secondary N) is 2.